The summed E-state index contributed by atoms with van der Waals surface area (Å²) >= 11 is 0. The highest BCUT2D eigenvalue weighted by Crippen LogP contribution is 2.45. The van der Waals surface area contributed by atoms with E-state index in [2.05, 4.69) is 34.6 Å². The van der Waals surface area contributed by atoms with Gasteiger partial charge in [-0.25, -0.2) is 0 Å². The summed E-state index contributed by atoms with van der Waals surface area (Å²) in [7, 11) is 0. The van der Waals surface area contributed by atoms with E-state index < -0.39 is 0 Å². The van der Waals surface area contributed by atoms with Crippen LogP contribution in [-0.4, -0.2) is 0 Å². The molecule has 0 amide bonds. The Morgan fingerprint density at radius 2 is 1.73 bits per heavy atom. The van der Waals surface area contributed by atoms with E-state index in [9.17, 15) is 0 Å². The van der Waals surface area contributed by atoms with Gasteiger partial charge in [-0.3, -0.25) is 0 Å². The third-order valence-electron chi connectivity index (χ3n) is 3.19. The van der Waals surface area contributed by atoms with Crippen molar-refractivity contribution < 1.29 is 0 Å². The van der Waals surface area contributed by atoms with Gasteiger partial charge in [0.2, 0.25) is 0 Å². The van der Waals surface area contributed by atoms with Gasteiger partial charge in [-0.2, -0.15) is 0 Å². The van der Waals surface area contributed by atoms with Crippen LogP contribution in [0.2, 0.25) is 0 Å². The van der Waals surface area contributed by atoms with Crippen molar-refractivity contribution in [2.24, 2.45) is 23.2 Å². The smallest absolute Gasteiger partial charge is 0.0378 e. The van der Waals surface area contributed by atoms with Crippen LogP contribution in [0.1, 0.15) is 47.5 Å². The Hall–Kier alpha value is 0. The molecule has 3 atom stereocenters. The lowest BCUT2D eigenvalue weighted by molar-refractivity contribution is 0.0637. The van der Waals surface area contributed by atoms with Crippen LogP contribution in [0.3, 0.4) is 0 Å². The normalized spacial score (nSPS) is 38.5. The van der Waals surface area contributed by atoms with Crippen molar-refractivity contribution in [1.29, 1.82) is 0 Å². The maximum absolute atomic E-state index is 2.41. The standard InChI is InChI=1S/C11H22/c1-8-6-10(9(8)2)7-11(3,4)5/h8-10H,6-7H2,1-5H3. The second kappa shape index (κ2) is 2.80. The maximum Gasteiger partial charge on any atom is -0.0378 e. The van der Waals surface area contributed by atoms with Crippen molar-refractivity contribution in [1.82, 2.24) is 0 Å². The van der Waals surface area contributed by atoms with Gasteiger partial charge >= 0.3 is 0 Å². The van der Waals surface area contributed by atoms with Crippen molar-refractivity contribution >= 4 is 0 Å². The summed E-state index contributed by atoms with van der Waals surface area (Å²) in [5, 5.41) is 0. The van der Waals surface area contributed by atoms with Crippen molar-refractivity contribution in [3.63, 3.8) is 0 Å². The predicted octanol–water partition coefficient (Wildman–Crippen LogP) is 3.71. The molecular weight excluding hydrogens is 132 g/mol. The average Bonchev–Trinajstić information content (AvgIpc) is 1.84. The van der Waals surface area contributed by atoms with Crippen LogP contribution in [0.4, 0.5) is 0 Å². The molecule has 0 bridgehead atoms. The molecule has 0 aromatic rings. The highest BCUT2D eigenvalue weighted by molar-refractivity contribution is 4.86. The molecule has 1 aliphatic rings. The molecule has 0 heteroatoms. The maximum atomic E-state index is 2.41. The van der Waals surface area contributed by atoms with Gasteiger partial charge in [0.25, 0.3) is 0 Å². The Balaban J connectivity index is 2.31. The van der Waals surface area contributed by atoms with Crippen LogP contribution >= 0.6 is 0 Å². The first-order valence-corrected chi connectivity index (χ1v) is 4.90. The first kappa shape index (κ1) is 9.09. The largest absolute Gasteiger partial charge is 0.0622 e. The molecule has 3 unspecified atom stereocenters. The molecule has 0 N–H and O–H groups in total. The van der Waals surface area contributed by atoms with Gasteiger partial charge in [-0.1, -0.05) is 34.6 Å². The second-order valence-corrected chi connectivity index (χ2v) is 5.60. The minimum atomic E-state index is 0.541. The first-order chi connectivity index (χ1) is 4.90. The minimum absolute atomic E-state index is 0.541. The van der Waals surface area contributed by atoms with Crippen LogP contribution in [0.25, 0.3) is 0 Å². The fourth-order valence-electron chi connectivity index (χ4n) is 2.23. The summed E-state index contributed by atoms with van der Waals surface area (Å²) in [6.07, 6.45) is 2.89. The van der Waals surface area contributed by atoms with Gasteiger partial charge in [-0.15, -0.1) is 0 Å². The van der Waals surface area contributed by atoms with E-state index in [1.165, 1.54) is 12.8 Å². The third kappa shape index (κ3) is 2.21. The van der Waals surface area contributed by atoms with E-state index in [1.54, 1.807) is 0 Å². The monoisotopic (exact) mass is 154 g/mol. The summed E-state index contributed by atoms with van der Waals surface area (Å²) in [4.78, 5) is 0. The van der Waals surface area contributed by atoms with E-state index in [0.717, 1.165) is 17.8 Å². The highest BCUT2D eigenvalue weighted by Gasteiger charge is 2.36. The summed E-state index contributed by atoms with van der Waals surface area (Å²) in [6, 6.07) is 0. The van der Waals surface area contributed by atoms with E-state index in [-0.39, 0.29) is 0 Å². The molecule has 0 aliphatic heterocycles. The molecule has 66 valence electrons. The number of hydrogen-bond donors (Lipinski definition) is 0. The van der Waals surface area contributed by atoms with E-state index in [4.69, 9.17) is 0 Å². The molecule has 0 radical (unpaired) electrons. The van der Waals surface area contributed by atoms with E-state index >= 15 is 0 Å². The van der Waals surface area contributed by atoms with Crippen molar-refractivity contribution in [3.05, 3.63) is 0 Å². The summed E-state index contributed by atoms with van der Waals surface area (Å²) in [5.74, 6) is 2.99. The van der Waals surface area contributed by atoms with Gasteiger partial charge in [0.15, 0.2) is 0 Å². The first-order valence-electron chi connectivity index (χ1n) is 4.90. The van der Waals surface area contributed by atoms with Crippen LogP contribution < -0.4 is 0 Å². The average molecular weight is 154 g/mol. The molecule has 0 aromatic heterocycles. The fourth-order valence-corrected chi connectivity index (χ4v) is 2.23. The second-order valence-electron chi connectivity index (χ2n) is 5.60. The molecule has 0 saturated heterocycles. The molecule has 0 nitrogen and oxygen atoms in total. The highest BCUT2D eigenvalue weighted by atomic mass is 14.4. The van der Waals surface area contributed by atoms with Gasteiger partial charge in [0.1, 0.15) is 0 Å². The van der Waals surface area contributed by atoms with Crippen LogP contribution in [-0.2, 0) is 0 Å². The Morgan fingerprint density at radius 3 is 2.00 bits per heavy atom. The van der Waals surface area contributed by atoms with Gasteiger partial charge in [-0.05, 0) is 36.0 Å². The fraction of sp³-hybridized carbons (Fsp3) is 1.00. The number of rotatable bonds is 1. The van der Waals surface area contributed by atoms with Crippen LogP contribution in [0, 0.1) is 23.2 Å². The Labute approximate surface area is 71.4 Å². The summed E-state index contributed by atoms with van der Waals surface area (Å²) in [5.41, 5.74) is 0.541. The van der Waals surface area contributed by atoms with Crippen LogP contribution in [0.5, 0.6) is 0 Å². The zero-order valence-corrected chi connectivity index (χ0v) is 8.65. The molecular formula is C11H22. The third-order valence-corrected chi connectivity index (χ3v) is 3.19. The molecule has 0 spiro atoms. The Bertz CT molecular complexity index is 129. The minimum Gasteiger partial charge on any atom is -0.0622 e. The van der Waals surface area contributed by atoms with Crippen molar-refractivity contribution in [2.45, 2.75) is 47.5 Å². The van der Waals surface area contributed by atoms with E-state index in [0.29, 0.717) is 5.41 Å². The quantitative estimate of drug-likeness (QED) is 0.540. The zero-order valence-electron chi connectivity index (χ0n) is 8.65. The van der Waals surface area contributed by atoms with E-state index in [1.807, 2.05) is 0 Å². The van der Waals surface area contributed by atoms with Crippen LogP contribution in [0.15, 0.2) is 0 Å². The zero-order chi connectivity index (χ0) is 8.65. The summed E-state index contributed by atoms with van der Waals surface area (Å²) in [6.45, 7) is 11.8. The Morgan fingerprint density at radius 1 is 1.18 bits per heavy atom. The topological polar surface area (TPSA) is 0 Å². The van der Waals surface area contributed by atoms with Gasteiger partial charge in [0.05, 0.1) is 0 Å². The lowest BCUT2D eigenvalue weighted by Crippen LogP contribution is -2.35. The SMILES string of the molecule is CC1CC(CC(C)(C)C)C1C. The lowest BCUT2D eigenvalue weighted by Gasteiger charge is -2.44. The Kier molecular flexibility index (Phi) is 2.32. The predicted molar refractivity (Wildman–Crippen MR) is 50.5 cm³/mol. The molecule has 0 heterocycles. The molecule has 11 heavy (non-hydrogen) atoms. The summed E-state index contributed by atoms with van der Waals surface area (Å²) < 4.78 is 0. The lowest BCUT2D eigenvalue weighted by atomic mass is 9.62. The van der Waals surface area contributed by atoms with Crippen molar-refractivity contribution in [3.8, 4) is 0 Å². The van der Waals surface area contributed by atoms with Gasteiger partial charge in [0, 0.05) is 0 Å². The molecule has 1 rings (SSSR count). The molecule has 1 saturated carbocycles. The molecule has 1 fully saturated rings. The van der Waals surface area contributed by atoms with Crippen molar-refractivity contribution in [2.75, 3.05) is 0 Å². The number of hydrogen-bond acceptors (Lipinski definition) is 0. The van der Waals surface area contributed by atoms with Gasteiger partial charge < -0.3 is 0 Å². The molecule has 1 aliphatic carbocycles. The molecule has 0 aromatic carbocycles.